The number of hydrogen-bond acceptors (Lipinski definition) is 4. The molecule has 0 saturated heterocycles. The fraction of sp³-hybridized carbons (Fsp3) is 0.419. The molecule has 0 saturated carbocycles. The Kier molecular flexibility index (Phi) is 11.7. The lowest BCUT2D eigenvalue weighted by molar-refractivity contribution is 0.484. The quantitative estimate of drug-likeness (QED) is 0.128. The molecular weight excluding hydrogens is 656 g/mol. The fourth-order valence-electron chi connectivity index (χ4n) is 6.30. The van der Waals surface area contributed by atoms with Gasteiger partial charge in [-0.15, -0.1) is 0 Å². The van der Waals surface area contributed by atoms with Crippen molar-refractivity contribution in [1.29, 1.82) is 0 Å². The molecule has 4 rings (SSSR count). The smallest absolute Gasteiger partial charge is 0.275 e. The van der Waals surface area contributed by atoms with Gasteiger partial charge in [0.1, 0.15) is 23.0 Å². The summed E-state index contributed by atoms with van der Waals surface area (Å²) in [5, 5.41) is 0. The van der Waals surface area contributed by atoms with Crippen molar-refractivity contribution in [3.63, 3.8) is 0 Å². The number of rotatable bonds is 9. The van der Waals surface area contributed by atoms with E-state index < -0.39 is 0 Å². The molecular formula is C43H55NO4P2. The van der Waals surface area contributed by atoms with Gasteiger partial charge in [-0.25, -0.2) is 4.85 Å². The molecule has 266 valence electrons. The lowest BCUT2D eigenvalue weighted by Gasteiger charge is -2.35. The van der Waals surface area contributed by atoms with Crippen molar-refractivity contribution >= 4 is 23.8 Å². The van der Waals surface area contributed by atoms with Crippen molar-refractivity contribution in [3.8, 4) is 34.1 Å². The fourth-order valence-corrected chi connectivity index (χ4v) is 7.44. The van der Waals surface area contributed by atoms with Crippen molar-refractivity contribution in [3.05, 3.63) is 112 Å². The molecule has 2 atom stereocenters. The average Bonchev–Trinajstić information content (AvgIpc) is 3.00. The Morgan fingerprint density at radius 2 is 0.840 bits per heavy atom. The third kappa shape index (κ3) is 9.01. The van der Waals surface area contributed by atoms with E-state index in [1.54, 1.807) is 12.1 Å². The zero-order valence-corrected chi connectivity index (χ0v) is 34.4. The third-order valence-corrected chi connectivity index (χ3v) is 10.1. The highest BCUT2D eigenvalue weighted by atomic mass is 31.1. The van der Waals surface area contributed by atoms with Crippen LogP contribution in [-0.4, -0.2) is 0 Å². The van der Waals surface area contributed by atoms with E-state index in [-0.39, 0.29) is 39.7 Å². The minimum absolute atomic E-state index is 0.133. The van der Waals surface area contributed by atoms with Crippen LogP contribution in [0.1, 0.15) is 116 Å². The summed E-state index contributed by atoms with van der Waals surface area (Å²) in [6.45, 7) is 38.8. The molecule has 0 N–H and O–H groups in total. The maximum atomic E-state index is 7.30. The number of nitrogens with zero attached hydrogens (tertiary/aromatic N) is 1. The summed E-state index contributed by atoms with van der Waals surface area (Å²) in [5.41, 5.74) is 8.92. The average molecular weight is 712 g/mol. The maximum Gasteiger partial charge on any atom is 0.275 e. The first-order valence-electron chi connectivity index (χ1n) is 17.2. The van der Waals surface area contributed by atoms with Gasteiger partial charge in [-0.1, -0.05) is 126 Å². The van der Waals surface area contributed by atoms with Crippen LogP contribution in [0.2, 0.25) is 0 Å². The second-order valence-corrected chi connectivity index (χ2v) is 18.2. The van der Waals surface area contributed by atoms with Gasteiger partial charge >= 0.3 is 0 Å². The number of para-hydroxylation sites is 1. The zero-order valence-electron chi connectivity index (χ0n) is 32.4. The van der Waals surface area contributed by atoms with Crippen LogP contribution >= 0.6 is 18.1 Å². The highest BCUT2D eigenvalue weighted by Gasteiger charge is 2.35. The minimum Gasteiger partial charge on any atom is -0.441 e. The third-order valence-electron chi connectivity index (χ3n) is 8.88. The van der Waals surface area contributed by atoms with Gasteiger partial charge in [-0.05, 0) is 82.0 Å². The molecule has 5 nitrogen and oxygen atoms in total. The second-order valence-electron chi connectivity index (χ2n) is 17.1. The molecule has 7 heteroatoms. The van der Waals surface area contributed by atoms with Crippen LogP contribution in [0.25, 0.3) is 16.0 Å². The summed E-state index contributed by atoms with van der Waals surface area (Å²) in [7, 11) is -0.566. The van der Waals surface area contributed by atoms with E-state index in [9.17, 15) is 0 Å². The van der Waals surface area contributed by atoms with E-state index in [2.05, 4.69) is 114 Å². The molecule has 0 radical (unpaired) electrons. The van der Waals surface area contributed by atoms with Gasteiger partial charge in [0.05, 0.1) is 6.57 Å². The van der Waals surface area contributed by atoms with Crippen LogP contribution in [0.4, 0.5) is 5.69 Å². The molecule has 0 aromatic heterocycles. The van der Waals surface area contributed by atoms with E-state index in [1.807, 2.05) is 42.5 Å². The van der Waals surface area contributed by atoms with Gasteiger partial charge in [-0.3, -0.25) is 0 Å². The molecule has 50 heavy (non-hydrogen) atoms. The van der Waals surface area contributed by atoms with Gasteiger partial charge in [0, 0.05) is 22.3 Å². The SMILES string of the molecule is [C-]#[N+]c1ccc(OPOc2c(C(C)(C)C)cc(C(C)(C)C)c(C)c2-c2c(C)c(C(C)(C)C)cc(C(C)(C)C)c2OPOc2ccccc2)cc1. The van der Waals surface area contributed by atoms with Crippen LogP contribution in [0.3, 0.4) is 0 Å². The maximum absolute atomic E-state index is 7.30. The minimum atomic E-state index is -0.312. The summed E-state index contributed by atoms with van der Waals surface area (Å²) in [6.07, 6.45) is 0. The van der Waals surface area contributed by atoms with Crippen molar-refractivity contribution in [1.82, 2.24) is 0 Å². The normalized spacial score (nSPS) is 12.8. The first-order valence-corrected chi connectivity index (χ1v) is 18.8. The van der Waals surface area contributed by atoms with E-state index in [0.29, 0.717) is 11.4 Å². The molecule has 0 amide bonds. The summed E-state index contributed by atoms with van der Waals surface area (Å²) in [4.78, 5) is 3.51. The molecule has 0 aliphatic carbocycles. The molecule has 4 aromatic carbocycles. The highest BCUT2D eigenvalue weighted by Crippen LogP contribution is 2.54. The molecule has 0 bridgehead atoms. The standard InChI is InChI=1S/C43H55NO4P2/c1-27-32(40(3,4)5)25-34(42(9,10)11)38(47-49-45-30-19-17-16-18-20-30)36(27)37-28(2)33(41(6,7)8)26-35(43(12,13)14)39(37)48-50-46-31-23-21-29(44-15)22-24-31/h16-26,49-50H,1-14H3. The molecule has 4 aromatic rings. The van der Waals surface area contributed by atoms with Crippen LogP contribution < -0.4 is 18.1 Å². The number of hydrogen-bond donors (Lipinski definition) is 0. The molecule has 0 heterocycles. The molecule has 2 unspecified atom stereocenters. The molecule has 0 spiro atoms. The van der Waals surface area contributed by atoms with Crippen LogP contribution in [0.15, 0.2) is 66.7 Å². The molecule has 0 aliphatic heterocycles. The van der Waals surface area contributed by atoms with Crippen LogP contribution in [0, 0.1) is 20.4 Å². The van der Waals surface area contributed by atoms with Gasteiger partial charge in [-0.2, -0.15) is 0 Å². The topological polar surface area (TPSA) is 41.3 Å². The van der Waals surface area contributed by atoms with Crippen molar-refractivity contribution in [2.75, 3.05) is 0 Å². The van der Waals surface area contributed by atoms with Gasteiger partial charge in [0.15, 0.2) is 5.69 Å². The van der Waals surface area contributed by atoms with Crippen LogP contribution in [0.5, 0.6) is 23.0 Å². The Labute approximate surface area is 305 Å². The van der Waals surface area contributed by atoms with Crippen molar-refractivity contribution in [2.45, 2.75) is 119 Å². The van der Waals surface area contributed by atoms with E-state index >= 15 is 0 Å². The lowest BCUT2D eigenvalue weighted by atomic mass is 9.72. The predicted octanol–water partition coefficient (Wildman–Crippen LogP) is 13.6. The lowest BCUT2D eigenvalue weighted by Crippen LogP contribution is -2.22. The van der Waals surface area contributed by atoms with Gasteiger partial charge in [0.2, 0.25) is 0 Å². The zero-order chi connectivity index (χ0) is 37.2. The molecule has 0 fully saturated rings. The number of benzene rings is 4. The Morgan fingerprint density at radius 3 is 1.18 bits per heavy atom. The van der Waals surface area contributed by atoms with E-state index in [0.717, 1.165) is 50.6 Å². The molecule has 0 aliphatic rings. The Balaban J connectivity index is 2.07. The second kappa shape index (κ2) is 15.0. The summed E-state index contributed by atoms with van der Waals surface area (Å²) in [6, 6.07) is 21.6. The van der Waals surface area contributed by atoms with Crippen molar-refractivity contribution in [2.24, 2.45) is 0 Å². The van der Waals surface area contributed by atoms with Crippen LogP contribution in [-0.2, 0) is 21.7 Å². The summed E-state index contributed by atoms with van der Waals surface area (Å²) < 4.78 is 26.1. The first kappa shape index (κ1) is 39.2. The summed E-state index contributed by atoms with van der Waals surface area (Å²) in [5.74, 6) is 3.03. The Hall–Kier alpha value is -3.57. The van der Waals surface area contributed by atoms with E-state index in [4.69, 9.17) is 24.7 Å². The van der Waals surface area contributed by atoms with E-state index in [1.165, 1.54) is 11.1 Å². The van der Waals surface area contributed by atoms with Gasteiger partial charge < -0.3 is 18.1 Å². The first-order chi connectivity index (χ1) is 23.1. The monoisotopic (exact) mass is 711 g/mol. The summed E-state index contributed by atoms with van der Waals surface area (Å²) >= 11 is 0. The Bertz CT molecular complexity index is 1850. The van der Waals surface area contributed by atoms with Crippen molar-refractivity contribution < 1.29 is 18.1 Å². The largest absolute Gasteiger partial charge is 0.441 e. The predicted molar refractivity (Wildman–Crippen MR) is 214 cm³/mol. The van der Waals surface area contributed by atoms with Gasteiger partial charge in [0.25, 0.3) is 18.1 Å². The Morgan fingerprint density at radius 1 is 0.480 bits per heavy atom. The highest BCUT2D eigenvalue weighted by molar-refractivity contribution is 7.27.